The summed E-state index contributed by atoms with van der Waals surface area (Å²) in [5.74, 6) is -0.111. The first-order valence-corrected chi connectivity index (χ1v) is 6.82. The quantitative estimate of drug-likeness (QED) is 0.340. The van der Waals surface area contributed by atoms with E-state index in [4.69, 9.17) is 4.63 Å². The van der Waals surface area contributed by atoms with Crippen LogP contribution in [0.3, 0.4) is 0 Å². The summed E-state index contributed by atoms with van der Waals surface area (Å²) in [6.45, 7) is 1.50. The average Bonchev–Trinajstić information content (AvgIpc) is 2.89. The van der Waals surface area contributed by atoms with Gasteiger partial charge in [0, 0.05) is 6.08 Å². The molecule has 2 N–H and O–H groups in total. The molecule has 8 nitrogen and oxygen atoms in total. The Hall–Kier alpha value is -2.61. The minimum absolute atomic E-state index is 0.111. The molecule has 0 bridgehead atoms. The Morgan fingerprint density at radius 2 is 2.05 bits per heavy atom. The SMILES string of the molecule is CC(=O)c1c(C=C[NH+](C)C)nc2nonc2c1NC=[N+](C)C. The molecule has 0 aliphatic heterocycles. The predicted molar refractivity (Wildman–Crippen MR) is 83.2 cm³/mol. The van der Waals surface area contributed by atoms with Crippen LogP contribution in [0.4, 0.5) is 5.69 Å². The minimum atomic E-state index is -0.111. The van der Waals surface area contributed by atoms with Crippen molar-refractivity contribution >= 4 is 35.0 Å². The van der Waals surface area contributed by atoms with Gasteiger partial charge in [0.1, 0.15) is 0 Å². The summed E-state index contributed by atoms with van der Waals surface area (Å²) >= 11 is 0. The highest BCUT2D eigenvalue weighted by Crippen LogP contribution is 2.27. The second-order valence-corrected chi connectivity index (χ2v) is 5.39. The third kappa shape index (κ3) is 3.34. The molecule has 0 aromatic carbocycles. The molecule has 2 aromatic rings. The van der Waals surface area contributed by atoms with Crippen LogP contribution in [0.5, 0.6) is 0 Å². The average molecular weight is 304 g/mol. The smallest absolute Gasteiger partial charge is 0.236 e. The van der Waals surface area contributed by atoms with Crippen LogP contribution in [0.15, 0.2) is 10.8 Å². The molecule has 0 saturated carbocycles. The van der Waals surface area contributed by atoms with Crippen molar-refractivity contribution in [3.05, 3.63) is 17.5 Å². The third-order valence-corrected chi connectivity index (χ3v) is 2.83. The Balaban J connectivity index is 2.71. The van der Waals surface area contributed by atoms with Crippen LogP contribution < -0.4 is 10.2 Å². The van der Waals surface area contributed by atoms with Crippen molar-refractivity contribution in [2.24, 2.45) is 0 Å². The second-order valence-electron chi connectivity index (χ2n) is 5.39. The lowest BCUT2D eigenvalue weighted by molar-refractivity contribution is -0.800. The maximum atomic E-state index is 12.1. The number of carbonyl (C=O) groups excluding carboxylic acids is 1. The Morgan fingerprint density at radius 3 is 2.64 bits per heavy atom. The number of aromatic nitrogens is 3. The molecule has 2 rings (SSSR count). The molecule has 2 heterocycles. The first-order valence-electron chi connectivity index (χ1n) is 6.82. The van der Waals surface area contributed by atoms with E-state index in [0.717, 1.165) is 4.90 Å². The van der Waals surface area contributed by atoms with E-state index in [2.05, 4.69) is 20.6 Å². The summed E-state index contributed by atoms with van der Waals surface area (Å²) in [7, 11) is 7.68. The Kier molecular flexibility index (Phi) is 4.62. The van der Waals surface area contributed by atoms with E-state index in [1.165, 1.54) is 6.92 Å². The van der Waals surface area contributed by atoms with E-state index in [1.54, 1.807) is 12.4 Å². The van der Waals surface area contributed by atoms with E-state index in [1.807, 2.05) is 39.0 Å². The standard InChI is InChI=1S/C14H18N6O2/c1-9(21)11-10(6-7-19(2)3)16-14-13(17-22-18-14)12(11)15-8-20(4)5/h6-8H,1-5H3/p+2. The second kappa shape index (κ2) is 6.44. The molecule has 0 aliphatic carbocycles. The minimum Gasteiger partial charge on any atom is -0.313 e. The lowest BCUT2D eigenvalue weighted by Crippen LogP contribution is -3.00. The van der Waals surface area contributed by atoms with Gasteiger partial charge in [-0.1, -0.05) is 0 Å². The van der Waals surface area contributed by atoms with Gasteiger partial charge in [0.25, 0.3) is 0 Å². The normalized spacial score (nSPS) is 11.4. The van der Waals surface area contributed by atoms with Gasteiger partial charge in [-0.25, -0.2) is 14.9 Å². The maximum Gasteiger partial charge on any atom is 0.236 e. The molecule has 2 aromatic heterocycles. The highest BCUT2D eigenvalue weighted by molar-refractivity contribution is 6.09. The number of rotatable bonds is 5. The summed E-state index contributed by atoms with van der Waals surface area (Å²) < 4.78 is 6.58. The predicted octanol–water partition coefficient (Wildman–Crippen LogP) is -0.352. The van der Waals surface area contributed by atoms with Gasteiger partial charge in [0.05, 0.1) is 45.6 Å². The van der Waals surface area contributed by atoms with Gasteiger partial charge in [0.15, 0.2) is 11.5 Å². The molecule has 22 heavy (non-hydrogen) atoms. The number of nitrogens with zero attached hydrogens (tertiary/aromatic N) is 4. The van der Waals surface area contributed by atoms with Crippen LogP contribution >= 0.6 is 0 Å². The highest BCUT2D eigenvalue weighted by Gasteiger charge is 2.23. The van der Waals surface area contributed by atoms with Gasteiger partial charge in [-0.05, 0) is 17.2 Å². The van der Waals surface area contributed by atoms with E-state index in [9.17, 15) is 4.79 Å². The van der Waals surface area contributed by atoms with Gasteiger partial charge in [-0.15, -0.1) is 0 Å². The zero-order valence-electron chi connectivity index (χ0n) is 13.3. The number of ketones is 1. The van der Waals surface area contributed by atoms with Gasteiger partial charge < -0.3 is 4.90 Å². The van der Waals surface area contributed by atoms with Crippen molar-refractivity contribution in [2.45, 2.75) is 6.92 Å². The topological polar surface area (TPSA) is 88.4 Å². The lowest BCUT2D eigenvalue weighted by atomic mass is 10.1. The van der Waals surface area contributed by atoms with E-state index in [-0.39, 0.29) is 5.78 Å². The van der Waals surface area contributed by atoms with Crippen molar-refractivity contribution in [3.63, 3.8) is 0 Å². The zero-order valence-corrected chi connectivity index (χ0v) is 13.3. The molecule has 0 fully saturated rings. The fourth-order valence-corrected chi connectivity index (χ4v) is 1.89. The Morgan fingerprint density at radius 1 is 1.32 bits per heavy atom. The lowest BCUT2D eigenvalue weighted by Gasteiger charge is -2.06. The van der Waals surface area contributed by atoms with Gasteiger partial charge in [-0.3, -0.25) is 9.37 Å². The molecular formula is C14H20N6O2+2. The Bertz CT molecular complexity index is 756. The van der Waals surface area contributed by atoms with Crippen molar-refractivity contribution in [1.82, 2.24) is 15.3 Å². The molecule has 0 unspecified atom stereocenters. The fraction of sp³-hybridized carbons (Fsp3) is 0.357. The summed E-state index contributed by atoms with van der Waals surface area (Å²) in [6.07, 6.45) is 5.41. The number of hydrogen-bond acceptors (Lipinski definition) is 5. The molecule has 0 atom stereocenters. The van der Waals surface area contributed by atoms with Crippen LogP contribution in [0.2, 0.25) is 0 Å². The number of hydrogen-bond donors (Lipinski definition) is 2. The molecule has 0 aliphatic rings. The first-order chi connectivity index (χ1) is 10.4. The number of nitrogens with one attached hydrogen (secondary N) is 2. The number of anilines is 1. The first kappa shape index (κ1) is 15.8. The summed E-state index contributed by atoms with van der Waals surface area (Å²) in [4.78, 5) is 17.6. The van der Waals surface area contributed by atoms with E-state index >= 15 is 0 Å². The van der Waals surface area contributed by atoms with Crippen molar-refractivity contribution in [1.29, 1.82) is 0 Å². The van der Waals surface area contributed by atoms with Crippen LogP contribution in [0.25, 0.3) is 17.2 Å². The fourth-order valence-electron chi connectivity index (χ4n) is 1.89. The number of Topliss-reactive ketones (excluding diaryl/α,β-unsaturated/α-hetero) is 1. The van der Waals surface area contributed by atoms with Gasteiger partial charge in [0.2, 0.25) is 17.5 Å². The van der Waals surface area contributed by atoms with Gasteiger partial charge >= 0.3 is 0 Å². The molecule has 8 heteroatoms. The van der Waals surface area contributed by atoms with Gasteiger partial charge in [-0.2, -0.15) is 0 Å². The van der Waals surface area contributed by atoms with Crippen molar-refractivity contribution in [3.8, 4) is 0 Å². The van der Waals surface area contributed by atoms with Crippen LogP contribution in [-0.2, 0) is 0 Å². The molecule has 0 spiro atoms. The largest absolute Gasteiger partial charge is 0.313 e. The number of pyridine rings is 1. The third-order valence-electron chi connectivity index (χ3n) is 2.83. The number of carbonyl (C=O) groups is 1. The highest BCUT2D eigenvalue weighted by atomic mass is 16.6. The molecule has 116 valence electrons. The molecule has 0 radical (unpaired) electrons. The summed E-state index contributed by atoms with van der Waals surface area (Å²) in [6, 6.07) is 0. The van der Waals surface area contributed by atoms with E-state index < -0.39 is 0 Å². The van der Waals surface area contributed by atoms with E-state index in [0.29, 0.717) is 28.1 Å². The molecule has 0 saturated heterocycles. The summed E-state index contributed by atoms with van der Waals surface area (Å²) in [5.41, 5.74) is 2.32. The number of quaternary nitrogens is 1. The molecular weight excluding hydrogens is 284 g/mol. The zero-order chi connectivity index (χ0) is 16.3. The summed E-state index contributed by atoms with van der Waals surface area (Å²) in [5, 5.41) is 10.7. The maximum absolute atomic E-state index is 12.1. The van der Waals surface area contributed by atoms with Crippen molar-refractivity contribution in [2.75, 3.05) is 33.5 Å². The van der Waals surface area contributed by atoms with Crippen LogP contribution in [-0.4, -0.2) is 60.2 Å². The van der Waals surface area contributed by atoms with Crippen LogP contribution in [0, 0.1) is 0 Å². The van der Waals surface area contributed by atoms with Crippen molar-refractivity contribution < 1.29 is 18.9 Å². The monoisotopic (exact) mass is 304 g/mol. The Labute approximate surface area is 128 Å². The number of fused-ring (bicyclic) bond motifs is 1. The molecule has 0 amide bonds. The van der Waals surface area contributed by atoms with Crippen LogP contribution in [0.1, 0.15) is 23.0 Å².